The van der Waals surface area contributed by atoms with Gasteiger partial charge in [-0.15, -0.1) is 0 Å². The summed E-state index contributed by atoms with van der Waals surface area (Å²) in [5.41, 5.74) is 0. The first-order valence-corrected chi connectivity index (χ1v) is 7.54. The van der Waals surface area contributed by atoms with Gasteiger partial charge in [0.15, 0.2) is 0 Å². The maximum absolute atomic E-state index is 9.75. The normalized spacial score (nSPS) is 19.0. The third-order valence-electron chi connectivity index (χ3n) is 3.57. The van der Waals surface area contributed by atoms with Crippen LogP contribution in [-0.4, -0.2) is 19.3 Å². The van der Waals surface area contributed by atoms with Gasteiger partial charge in [0.1, 0.15) is 0 Å². The second kappa shape index (κ2) is 14.1. The molecule has 2 nitrogen and oxygen atoms in total. The van der Waals surface area contributed by atoms with E-state index in [0.29, 0.717) is 12.1 Å². The first-order chi connectivity index (χ1) is 9.86. The minimum atomic E-state index is -6.00. The first kappa shape index (κ1) is 23.8. The SMILES string of the molecule is C#[N+]C1CCCCC1.C#[N+]C1CCCCC1.F[B-](F)(F)F.[Au+]. The summed E-state index contributed by atoms with van der Waals surface area (Å²) in [6, 6.07) is 0.979. The molecule has 2 aliphatic carbocycles. The minimum absolute atomic E-state index is 0. The molecule has 130 valence electrons. The minimum Gasteiger partial charge on any atom is -0.418 e. The van der Waals surface area contributed by atoms with E-state index in [1.54, 1.807) is 0 Å². The zero-order valence-corrected chi connectivity index (χ0v) is 14.8. The molecule has 22 heavy (non-hydrogen) atoms. The van der Waals surface area contributed by atoms with E-state index in [9.17, 15) is 17.3 Å². The van der Waals surface area contributed by atoms with E-state index >= 15 is 0 Å². The molecule has 0 aromatic carbocycles. The van der Waals surface area contributed by atoms with Gasteiger partial charge in [0, 0.05) is 25.7 Å². The van der Waals surface area contributed by atoms with Crippen molar-refractivity contribution in [2.45, 2.75) is 76.3 Å². The molecule has 0 saturated heterocycles. The van der Waals surface area contributed by atoms with Crippen molar-refractivity contribution in [1.29, 1.82) is 0 Å². The molecule has 2 rings (SSSR count). The van der Waals surface area contributed by atoms with Gasteiger partial charge in [-0.3, -0.25) is 0 Å². The first-order valence-electron chi connectivity index (χ1n) is 7.54. The zero-order chi connectivity index (χ0) is 16.1. The van der Waals surface area contributed by atoms with E-state index in [1.807, 2.05) is 0 Å². The summed E-state index contributed by atoms with van der Waals surface area (Å²) in [5.74, 6) is 0. The molecule has 0 N–H and O–H groups in total. The van der Waals surface area contributed by atoms with Crippen molar-refractivity contribution in [3.05, 3.63) is 9.69 Å². The van der Waals surface area contributed by atoms with E-state index in [1.165, 1.54) is 64.2 Å². The standard InChI is InChI=1S/2C7H12N.Au.BF4/c2*1-8-7-5-3-2-4-6-7;;2-1(3,4)5/h2*1,7H,2-6H2;;/q3*+1;-1. The average Bonchev–Trinajstić information content (AvgIpc) is 2.48. The van der Waals surface area contributed by atoms with Crippen LogP contribution in [0.1, 0.15) is 64.2 Å². The summed E-state index contributed by atoms with van der Waals surface area (Å²) >= 11 is 0. The van der Waals surface area contributed by atoms with Gasteiger partial charge in [-0.25, -0.2) is 0 Å². The second-order valence-electron chi connectivity index (χ2n) is 5.38. The van der Waals surface area contributed by atoms with Crippen molar-refractivity contribution in [3.63, 3.8) is 0 Å². The van der Waals surface area contributed by atoms with Crippen LogP contribution in [0.15, 0.2) is 0 Å². The fourth-order valence-electron chi connectivity index (χ4n) is 2.46. The Balaban J connectivity index is 0. The summed E-state index contributed by atoms with van der Waals surface area (Å²) in [6.07, 6.45) is 12.9. The van der Waals surface area contributed by atoms with Gasteiger partial charge in [0.2, 0.25) is 0 Å². The summed E-state index contributed by atoms with van der Waals surface area (Å²) in [4.78, 5) is 7.50. The van der Waals surface area contributed by atoms with Gasteiger partial charge in [-0.2, -0.15) is 0 Å². The molecule has 2 aliphatic rings. The Morgan fingerprint density at radius 1 is 0.636 bits per heavy atom. The summed E-state index contributed by atoms with van der Waals surface area (Å²) in [6.45, 7) is 10.3. The molecular formula is C14H24AuBF4N2+2. The maximum atomic E-state index is 9.75. The van der Waals surface area contributed by atoms with Gasteiger partial charge in [0.25, 0.3) is 25.2 Å². The molecule has 0 aromatic rings. The Labute approximate surface area is 146 Å². The molecule has 2 fully saturated rings. The third kappa shape index (κ3) is 17.6. The van der Waals surface area contributed by atoms with Crippen LogP contribution < -0.4 is 0 Å². The molecule has 0 radical (unpaired) electrons. The van der Waals surface area contributed by atoms with Crippen LogP contribution in [0.25, 0.3) is 9.69 Å². The van der Waals surface area contributed by atoms with E-state index in [4.69, 9.17) is 13.1 Å². The maximum Gasteiger partial charge on any atom is 1.00 e. The van der Waals surface area contributed by atoms with E-state index in [-0.39, 0.29) is 22.4 Å². The number of rotatable bonds is 0. The Morgan fingerprint density at radius 2 is 0.864 bits per heavy atom. The summed E-state index contributed by atoms with van der Waals surface area (Å²) in [7, 11) is -6.00. The zero-order valence-electron chi connectivity index (χ0n) is 12.7. The number of hydrogen-bond acceptors (Lipinski definition) is 0. The van der Waals surface area contributed by atoms with Gasteiger partial charge >= 0.3 is 29.6 Å². The predicted octanol–water partition coefficient (Wildman–Crippen LogP) is 5.86. The summed E-state index contributed by atoms with van der Waals surface area (Å²) in [5, 5.41) is 0. The van der Waals surface area contributed by atoms with Crippen LogP contribution >= 0.6 is 0 Å². The molecule has 0 aliphatic heterocycles. The Kier molecular flexibility index (Phi) is 15.3. The third-order valence-corrected chi connectivity index (χ3v) is 3.57. The van der Waals surface area contributed by atoms with E-state index in [2.05, 4.69) is 9.69 Å². The predicted molar refractivity (Wildman–Crippen MR) is 80.5 cm³/mol. The van der Waals surface area contributed by atoms with Crippen LogP contribution in [-0.2, 0) is 22.4 Å². The fraction of sp³-hybridized carbons (Fsp3) is 0.857. The average molecular weight is 504 g/mol. The molecule has 0 aromatic heterocycles. The van der Waals surface area contributed by atoms with Crippen LogP contribution in [0.5, 0.6) is 0 Å². The quantitative estimate of drug-likeness (QED) is 0.289. The molecule has 0 spiro atoms. The fourth-order valence-corrected chi connectivity index (χ4v) is 2.46. The molecule has 2 saturated carbocycles. The van der Waals surface area contributed by atoms with E-state index < -0.39 is 7.25 Å². The molecule has 0 bridgehead atoms. The topological polar surface area (TPSA) is 8.72 Å². The smallest absolute Gasteiger partial charge is 0.418 e. The van der Waals surface area contributed by atoms with Crippen LogP contribution in [0, 0.1) is 13.1 Å². The van der Waals surface area contributed by atoms with Gasteiger partial charge in [0.05, 0.1) is 0 Å². The Bertz CT molecular complexity index is 306. The molecule has 0 amide bonds. The monoisotopic (exact) mass is 504 g/mol. The number of halogens is 4. The van der Waals surface area contributed by atoms with Crippen LogP contribution in [0.4, 0.5) is 17.3 Å². The van der Waals surface area contributed by atoms with Gasteiger partial charge < -0.3 is 17.3 Å². The van der Waals surface area contributed by atoms with E-state index in [0.717, 1.165) is 0 Å². The molecule has 0 heterocycles. The van der Waals surface area contributed by atoms with Crippen molar-refractivity contribution < 1.29 is 39.6 Å². The number of hydrogen-bond donors (Lipinski definition) is 0. The van der Waals surface area contributed by atoms with Crippen LogP contribution in [0.2, 0.25) is 0 Å². The second-order valence-corrected chi connectivity index (χ2v) is 5.38. The molecular weight excluding hydrogens is 480 g/mol. The molecule has 8 heteroatoms. The Morgan fingerprint density at radius 3 is 1.00 bits per heavy atom. The molecule has 0 unspecified atom stereocenters. The van der Waals surface area contributed by atoms with Crippen molar-refractivity contribution in [3.8, 4) is 13.1 Å². The van der Waals surface area contributed by atoms with Crippen LogP contribution in [0.3, 0.4) is 0 Å². The number of nitrogens with zero attached hydrogens (tertiary/aromatic N) is 2. The summed E-state index contributed by atoms with van der Waals surface area (Å²) < 4.78 is 39.0. The van der Waals surface area contributed by atoms with Gasteiger partial charge in [-0.1, -0.05) is 22.5 Å². The van der Waals surface area contributed by atoms with Gasteiger partial charge in [-0.05, 0) is 25.7 Å². The Hall–Kier alpha value is -0.495. The largest absolute Gasteiger partial charge is 1.00 e. The van der Waals surface area contributed by atoms with Crippen molar-refractivity contribution in [2.75, 3.05) is 0 Å². The van der Waals surface area contributed by atoms with Crippen molar-refractivity contribution >= 4 is 7.25 Å². The molecule has 0 atom stereocenters. The van der Waals surface area contributed by atoms with Crippen molar-refractivity contribution in [1.82, 2.24) is 0 Å². The van der Waals surface area contributed by atoms with Crippen molar-refractivity contribution in [2.24, 2.45) is 0 Å².